The van der Waals surface area contributed by atoms with Crippen LogP contribution in [-0.2, 0) is 14.8 Å². The van der Waals surface area contributed by atoms with E-state index in [0.717, 1.165) is 0 Å². The quantitative estimate of drug-likeness (QED) is 0.807. The van der Waals surface area contributed by atoms with Crippen molar-refractivity contribution in [1.29, 1.82) is 0 Å². The second-order valence-corrected chi connectivity index (χ2v) is 6.96. The molecule has 1 aliphatic heterocycles. The predicted octanol–water partition coefficient (Wildman–Crippen LogP) is 1.08. The molecule has 1 unspecified atom stereocenters. The van der Waals surface area contributed by atoms with Crippen molar-refractivity contribution in [3.05, 3.63) is 22.2 Å². The van der Waals surface area contributed by atoms with Crippen LogP contribution >= 0.6 is 23.2 Å². The Hall–Kier alpha value is -1.02. The molecule has 0 spiro atoms. The highest BCUT2D eigenvalue weighted by molar-refractivity contribution is 7.89. The number of likely N-dealkylation sites (tertiary alicyclic amines) is 1. The van der Waals surface area contributed by atoms with Crippen LogP contribution in [0.3, 0.4) is 0 Å². The maximum atomic E-state index is 12.3. The van der Waals surface area contributed by atoms with Crippen LogP contribution in [0.15, 0.2) is 17.0 Å². The molecule has 0 bridgehead atoms. The number of hydrogen-bond donors (Lipinski definition) is 2. The third-order valence-corrected chi connectivity index (χ3v) is 5.47. The minimum Gasteiger partial charge on any atom is -0.396 e. The number of benzene rings is 1. The van der Waals surface area contributed by atoms with E-state index in [9.17, 15) is 13.2 Å². The molecule has 1 aromatic rings. The van der Waals surface area contributed by atoms with Crippen LogP contribution in [0, 0.1) is 0 Å². The monoisotopic (exact) mass is 337 g/mol. The van der Waals surface area contributed by atoms with Gasteiger partial charge in [0.15, 0.2) is 0 Å². The van der Waals surface area contributed by atoms with Crippen molar-refractivity contribution in [3.63, 3.8) is 0 Å². The molecule has 1 amide bonds. The third kappa shape index (κ3) is 2.71. The molecule has 1 atom stereocenters. The lowest BCUT2D eigenvalue weighted by Gasteiger charge is -2.14. The van der Waals surface area contributed by atoms with Gasteiger partial charge in [0.05, 0.1) is 15.7 Å². The molecule has 1 aromatic carbocycles. The van der Waals surface area contributed by atoms with E-state index >= 15 is 0 Å². The van der Waals surface area contributed by atoms with Crippen LogP contribution in [0.1, 0.15) is 6.42 Å². The predicted molar refractivity (Wildman–Crippen MR) is 77.2 cm³/mol. The largest absolute Gasteiger partial charge is 0.396 e. The Morgan fingerprint density at radius 1 is 1.40 bits per heavy atom. The molecule has 6 nitrogen and oxygen atoms in total. The smallest absolute Gasteiger partial charge is 0.242 e. The van der Waals surface area contributed by atoms with Crippen molar-refractivity contribution in [2.24, 2.45) is 0 Å². The van der Waals surface area contributed by atoms with Gasteiger partial charge >= 0.3 is 0 Å². The fourth-order valence-electron chi connectivity index (χ4n) is 1.94. The van der Waals surface area contributed by atoms with Crippen molar-refractivity contribution in [2.45, 2.75) is 17.4 Å². The normalized spacial score (nSPS) is 19.6. The molecule has 1 aliphatic rings. The average Bonchev–Trinajstić information content (AvgIpc) is 2.67. The van der Waals surface area contributed by atoms with Gasteiger partial charge in [0.25, 0.3) is 0 Å². The second-order valence-electron chi connectivity index (χ2n) is 4.50. The van der Waals surface area contributed by atoms with Gasteiger partial charge in [-0.05, 0) is 18.6 Å². The van der Waals surface area contributed by atoms with Gasteiger partial charge in [-0.3, -0.25) is 4.79 Å². The number of nitrogens with zero attached hydrogens (tertiary/aromatic N) is 1. The summed E-state index contributed by atoms with van der Waals surface area (Å²) in [4.78, 5) is 13.0. The number of amides is 1. The molecule has 0 saturated carbocycles. The molecular weight excluding hydrogens is 325 g/mol. The van der Waals surface area contributed by atoms with Crippen molar-refractivity contribution >= 4 is 44.8 Å². The number of nitrogens with two attached hydrogens (primary N) is 1. The van der Waals surface area contributed by atoms with E-state index in [4.69, 9.17) is 28.9 Å². The van der Waals surface area contributed by atoms with Crippen LogP contribution in [0.25, 0.3) is 0 Å². The summed E-state index contributed by atoms with van der Waals surface area (Å²) >= 11 is 11.7. The van der Waals surface area contributed by atoms with E-state index in [1.165, 1.54) is 17.0 Å². The molecule has 0 aromatic heterocycles. The Labute approximate surface area is 126 Å². The number of sulfonamides is 1. The molecule has 110 valence electrons. The summed E-state index contributed by atoms with van der Waals surface area (Å²) in [6.07, 6.45) is 0.412. The minimum absolute atomic E-state index is 0.00826. The first-order valence-corrected chi connectivity index (χ1v) is 7.98. The van der Waals surface area contributed by atoms with Crippen molar-refractivity contribution in [1.82, 2.24) is 9.62 Å². The van der Waals surface area contributed by atoms with Crippen LogP contribution in [-0.4, -0.2) is 38.9 Å². The van der Waals surface area contributed by atoms with E-state index in [0.29, 0.717) is 13.0 Å². The first-order chi connectivity index (χ1) is 9.24. The number of carbonyl (C=O) groups is 1. The van der Waals surface area contributed by atoms with Gasteiger partial charge in [-0.15, -0.1) is 0 Å². The highest BCUT2D eigenvalue weighted by Gasteiger charge is 2.33. The minimum atomic E-state index is -3.94. The van der Waals surface area contributed by atoms with Gasteiger partial charge in [-0.1, -0.05) is 23.2 Å². The number of rotatable bonds is 3. The lowest BCUT2D eigenvalue weighted by atomic mass is 10.3. The summed E-state index contributed by atoms with van der Waals surface area (Å²) in [6, 6.07) is 1.82. The first kappa shape index (κ1) is 15.4. The highest BCUT2D eigenvalue weighted by Crippen LogP contribution is 2.33. The Morgan fingerprint density at radius 2 is 2.05 bits per heavy atom. The van der Waals surface area contributed by atoms with E-state index in [1.807, 2.05) is 0 Å². The van der Waals surface area contributed by atoms with Gasteiger partial charge < -0.3 is 10.6 Å². The lowest BCUT2D eigenvalue weighted by Crippen LogP contribution is -2.40. The summed E-state index contributed by atoms with van der Waals surface area (Å²) in [5.41, 5.74) is 5.60. The van der Waals surface area contributed by atoms with E-state index in [2.05, 4.69) is 4.72 Å². The number of likely N-dealkylation sites (N-methyl/N-ethyl adjacent to an activating group) is 1. The molecular formula is C11H13Cl2N3O3S. The molecule has 1 saturated heterocycles. The first-order valence-electron chi connectivity index (χ1n) is 5.75. The molecule has 0 aliphatic carbocycles. The Morgan fingerprint density at radius 3 is 2.60 bits per heavy atom. The zero-order valence-electron chi connectivity index (χ0n) is 10.6. The second kappa shape index (κ2) is 5.40. The van der Waals surface area contributed by atoms with Gasteiger partial charge in [-0.25, -0.2) is 8.42 Å². The molecule has 3 N–H and O–H groups in total. The van der Waals surface area contributed by atoms with Crippen molar-refractivity contribution in [3.8, 4) is 0 Å². The van der Waals surface area contributed by atoms with E-state index in [-0.39, 0.29) is 26.5 Å². The number of anilines is 1. The van der Waals surface area contributed by atoms with Crippen molar-refractivity contribution in [2.75, 3.05) is 19.3 Å². The zero-order valence-corrected chi connectivity index (χ0v) is 12.9. The number of halogens is 2. The number of carbonyl (C=O) groups excluding carboxylic acids is 1. The number of nitrogen functional groups attached to an aromatic ring is 1. The van der Waals surface area contributed by atoms with Crippen LogP contribution < -0.4 is 10.5 Å². The van der Waals surface area contributed by atoms with Crippen LogP contribution in [0.2, 0.25) is 10.0 Å². The summed E-state index contributed by atoms with van der Waals surface area (Å²) in [7, 11) is -2.32. The van der Waals surface area contributed by atoms with Crippen LogP contribution in [0.4, 0.5) is 5.69 Å². The summed E-state index contributed by atoms with van der Waals surface area (Å²) in [5, 5.41) is 0.0226. The Bertz CT molecular complexity index is 663. The highest BCUT2D eigenvalue weighted by atomic mass is 35.5. The Balaban J connectivity index is 2.32. The van der Waals surface area contributed by atoms with Crippen LogP contribution in [0.5, 0.6) is 0 Å². The van der Waals surface area contributed by atoms with E-state index < -0.39 is 16.1 Å². The summed E-state index contributed by atoms with van der Waals surface area (Å²) in [6.45, 7) is 0.502. The standard InChI is InChI=1S/C11H13Cl2N3O3S/c1-16-5-4-7(11(16)17)15-20(18,19)8-3-2-6(12)10(14)9(8)13/h2-3,7,15H,4-5,14H2,1H3. The molecule has 20 heavy (non-hydrogen) atoms. The third-order valence-electron chi connectivity index (χ3n) is 3.11. The van der Waals surface area contributed by atoms with Gasteiger partial charge in [-0.2, -0.15) is 4.72 Å². The van der Waals surface area contributed by atoms with Gasteiger partial charge in [0.2, 0.25) is 15.9 Å². The van der Waals surface area contributed by atoms with E-state index in [1.54, 1.807) is 7.05 Å². The average molecular weight is 338 g/mol. The number of hydrogen-bond acceptors (Lipinski definition) is 4. The number of nitrogens with one attached hydrogen (secondary N) is 1. The Kier molecular flexibility index (Phi) is 4.15. The van der Waals surface area contributed by atoms with Gasteiger partial charge in [0.1, 0.15) is 10.9 Å². The molecule has 2 rings (SSSR count). The lowest BCUT2D eigenvalue weighted by molar-refractivity contribution is -0.127. The van der Waals surface area contributed by atoms with Crippen molar-refractivity contribution < 1.29 is 13.2 Å². The zero-order chi connectivity index (χ0) is 15.1. The summed E-state index contributed by atoms with van der Waals surface area (Å²) < 4.78 is 26.9. The van der Waals surface area contributed by atoms with Gasteiger partial charge in [0, 0.05) is 13.6 Å². The maximum absolute atomic E-state index is 12.3. The molecule has 1 fully saturated rings. The SMILES string of the molecule is CN1CCC(NS(=O)(=O)c2ccc(Cl)c(N)c2Cl)C1=O. The summed E-state index contributed by atoms with van der Waals surface area (Å²) in [5.74, 6) is -0.272. The molecule has 1 heterocycles. The topological polar surface area (TPSA) is 92.5 Å². The maximum Gasteiger partial charge on any atom is 0.242 e. The fraction of sp³-hybridized carbons (Fsp3) is 0.364. The molecule has 9 heteroatoms. The molecule has 0 radical (unpaired) electrons. The fourth-order valence-corrected chi connectivity index (χ4v) is 3.93.